The van der Waals surface area contributed by atoms with Gasteiger partial charge in [0.1, 0.15) is 0 Å². The Morgan fingerprint density at radius 2 is 1.57 bits per heavy atom. The Morgan fingerprint density at radius 3 is 2.21 bits per heavy atom. The van der Waals surface area contributed by atoms with Crippen LogP contribution in [-0.4, -0.2) is 47.1 Å². The van der Waals surface area contributed by atoms with Crippen LogP contribution in [0.2, 0.25) is 0 Å². The number of piperazine rings is 1. The average Bonchev–Trinajstić information content (AvgIpc) is 3.04. The van der Waals surface area contributed by atoms with Crippen molar-refractivity contribution in [3.05, 3.63) is 71.5 Å². The smallest absolute Gasteiger partial charge is 0.0834 e. The van der Waals surface area contributed by atoms with Crippen molar-refractivity contribution in [2.24, 2.45) is 0 Å². The lowest BCUT2D eigenvalue weighted by molar-refractivity contribution is 0.249. The Morgan fingerprint density at radius 1 is 0.893 bits per heavy atom. The van der Waals surface area contributed by atoms with Gasteiger partial charge in [-0.1, -0.05) is 30.3 Å². The number of benzene rings is 2. The van der Waals surface area contributed by atoms with Crippen LogP contribution in [0, 0.1) is 13.8 Å². The molecule has 1 fully saturated rings. The number of aryl methyl sites for hydroxylation is 1. The van der Waals surface area contributed by atoms with Gasteiger partial charge in [0.05, 0.1) is 22.8 Å². The van der Waals surface area contributed by atoms with Crippen molar-refractivity contribution < 1.29 is 0 Å². The molecule has 4 nitrogen and oxygen atoms in total. The number of para-hydroxylation sites is 1. The highest BCUT2D eigenvalue weighted by Crippen LogP contribution is 2.28. The number of rotatable bonds is 5. The maximum atomic E-state index is 4.82. The van der Waals surface area contributed by atoms with Crippen molar-refractivity contribution in [2.75, 3.05) is 37.3 Å². The van der Waals surface area contributed by atoms with Gasteiger partial charge in [-0.3, -0.25) is 4.90 Å². The fourth-order valence-electron chi connectivity index (χ4n) is 4.03. The highest BCUT2D eigenvalue weighted by Gasteiger charge is 2.23. The Bertz CT molecular complexity index is 910. The first-order valence-electron chi connectivity index (χ1n) is 9.87. The van der Waals surface area contributed by atoms with Crippen LogP contribution in [0.25, 0.3) is 5.69 Å². The van der Waals surface area contributed by atoms with Gasteiger partial charge in [-0.25, -0.2) is 4.68 Å². The summed E-state index contributed by atoms with van der Waals surface area (Å²) in [6.07, 6.45) is 2.12. The maximum Gasteiger partial charge on any atom is 0.0834 e. The van der Waals surface area contributed by atoms with Gasteiger partial charge in [-0.15, -0.1) is 11.8 Å². The minimum Gasteiger partial charge on any atom is -0.366 e. The maximum absolute atomic E-state index is 4.82. The molecule has 0 atom stereocenters. The standard InChI is InChI=1S/C23H28N4S/c1-18-23(19(2)27(24-18)21-7-5-4-6-8-21)26-15-13-25(14-16-26)17-20-9-11-22(28-3)12-10-20/h4-12H,13-17H2,1-3H3. The molecule has 1 aliphatic rings. The summed E-state index contributed by atoms with van der Waals surface area (Å²) in [5.74, 6) is 0. The molecule has 3 aromatic rings. The summed E-state index contributed by atoms with van der Waals surface area (Å²) in [6, 6.07) is 19.4. The first-order valence-corrected chi connectivity index (χ1v) is 11.1. The molecular formula is C23H28N4S. The average molecular weight is 393 g/mol. The lowest BCUT2D eigenvalue weighted by atomic mass is 10.2. The lowest BCUT2D eigenvalue weighted by Crippen LogP contribution is -2.46. The molecule has 0 unspecified atom stereocenters. The van der Waals surface area contributed by atoms with Gasteiger partial charge in [0.2, 0.25) is 0 Å². The Labute approximate surface area is 172 Å². The first-order chi connectivity index (χ1) is 13.7. The summed E-state index contributed by atoms with van der Waals surface area (Å²) in [4.78, 5) is 6.39. The van der Waals surface area contributed by atoms with Crippen molar-refractivity contribution >= 4 is 17.4 Å². The van der Waals surface area contributed by atoms with E-state index in [1.807, 2.05) is 6.07 Å². The molecule has 28 heavy (non-hydrogen) atoms. The van der Waals surface area contributed by atoms with E-state index in [9.17, 15) is 0 Å². The summed E-state index contributed by atoms with van der Waals surface area (Å²) in [6.45, 7) is 9.60. The van der Waals surface area contributed by atoms with Crippen molar-refractivity contribution in [1.82, 2.24) is 14.7 Å². The molecule has 1 aromatic heterocycles. The fourth-order valence-corrected chi connectivity index (χ4v) is 4.44. The molecule has 5 heteroatoms. The van der Waals surface area contributed by atoms with Crippen LogP contribution >= 0.6 is 11.8 Å². The molecule has 0 radical (unpaired) electrons. The van der Waals surface area contributed by atoms with Gasteiger partial charge in [0, 0.05) is 37.6 Å². The number of hydrogen-bond acceptors (Lipinski definition) is 4. The Kier molecular flexibility index (Phi) is 5.74. The quantitative estimate of drug-likeness (QED) is 0.595. The van der Waals surface area contributed by atoms with E-state index in [-0.39, 0.29) is 0 Å². The minimum absolute atomic E-state index is 1.03. The van der Waals surface area contributed by atoms with Crippen LogP contribution in [-0.2, 0) is 6.54 Å². The summed E-state index contributed by atoms with van der Waals surface area (Å²) in [7, 11) is 0. The molecule has 0 N–H and O–H groups in total. The molecule has 2 heterocycles. The van der Waals surface area contributed by atoms with E-state index in [4.69, 9.17) is 5.10 Å². The van der Waals surface area contributed by atoms with Gasteiger partial charge in [0.15, 0.2) is 0 Å². The van der Waals surface area contributed by atoms with E-state index in [1.54, 1.807) is 11.8 Å². The van der Waals surface area contributed by atoms with Gasteiger partial charge >= 0.3 is 0 Å². The van der Waals surface area contributed by atoms with E-state index in [0.29, 0.717) is 0 Å². The second kappa shape index (κ2) is 8.41. The van der Waals surface area contributed by atoms with E-state index < -0.39 is 0 Å². The van der Waals surface area contributed by atoms with Crippen molar-refractivity contribution in [3.63, 3.8) is 0 Å². The third kappa shape index (κ3) is 3.96. The summed E-state index contributed by atoms with van der Waals surface area (Å²) < 4.78 is 2.07. The number of thioether (sulfide) groups is 1. The fraction of sp³-hybridized carbons (Fsp3) is 0.348. The molecule has 146 valence electrons. The highest BCUT2D eigenvalue weighted by molar-refractivity contribution is 7.98. The number of anilines is 1. The third-order valence-electron chi connectivity index (χ3n) is 5.51. The second-order valence-corrected chi connectivity index (χ2v) is 8.26. The molecule has 1 saturated heterocycles. The molecule has 0 bridgehead atoms. The molecule has 0 spiro atoms. The summed E-state index contributed by atoms with van der Waals surface area (Å²) in [5.41, 5.74) is 6.16. The molecule has 0 saturated carbocycles. The van der Waals surface area contributed by atoms with Crippen LogP contribution in [0.1, 0.15) is 17.0 Å². The van der Waals surface area contributed by atoms with E-state index >= 15 is 0 Å². The summed E-state index contributed by atoms with van der Waals surface area (Å²) in [5, 5.41) is 4.82. The largest absolute Gasteiger partial charge is 0.366 e. The molecule has 2 aromatic carbocycles. The van der Waals surface area contributed by atoms with Gasteiger partial charge in [-0.2, -0.15) is 5.10 Å². The van der Waals surface area contributed by atoms with Crippen molar-refractivity contribution in [3.8, 4) is 5.69 Å². The van der Waals surface area contributed by atoms with E-state index in [0.717, 1.165) is 44.1 Å². The lowest BCUT2D eigenvalue weighted by Gasteiger charge is -2.36. The van der Waals surface area contributed by atoms with E-state index in [1.165, 1.54) is 21.8 Å². The monoisotopic (exact) mass is 392 g/mol. The molecule has 4 rings (SSSR count). The van der Waals surface area contributed by atoms with Gasteiger partial charge in [-0.05, 0) is 49.9 Å². The Balaban J connectivity index is 1.43. The first kappa shape index (κ1) is 19.1. The number of hydrogen-bond donors (Lipinski definition) is 0. The van der Waals surface area contributed by atoms with Crippen LogP contribution < -0.4 is 4.90 Å². The van der Waals surface area contributed by atoms with Crippen LogP contribution in [0.5, 0.6) is 0 Å². The second-order valence-electron chi connectivity index (χ2n) is 7.38. The molecular weight excluding hydrogens is 364 g/mol. The summed E-state index contributed by atoms with van der Waals surface area (Å²) >= 11 is 1.80. The van der Waals surface area contributed by atoms with Crippen molar-refractivity contribution in [2.45, 2.75) is 25.3 Å². The van der Waals surface area contributed by atoms with Gasteiger partial charge in [0.25, 0.3) is 0 Å². The highest BCUT2D eigenvalue weighted by atomic mass is 32.2. The zero-order valence-corrected chi connectivity index (χ0v) is 17.7. The zero-order valence-electron chi connectivity index (χ0n) is 16.9. The predicted octanol–water partition coefficient (Wildman–Crippen LogP) is 4.53. The topological polar surface area (TPSA) is 24.3 Å². The van der Waals surface area contributed by atoms with Crippen LogP contribution in [0.15, 0.2) is 59.5 Å². The predicted molar refractivity (Wildman–Crippen MR) is 119 cm³/mol. The van der Waals surface area contributed by atoms with E-state index in [2.05, 4.69) is 83.1 Å². The van der Waals surface area contributed by atoms with Gasteiger partial charge < -0.3 is 4.90 Å². The van der Waals surface area contributed by atoms with Crippen LogP contribution in [0.4, 0.5) is 5.69 Å². The molecule has 1 aliphatic heterocycles. The number of nitrogens with zero attached hydrogens (tertiary/aromatic N) is 4. The molecule has 0 aliphatic carbocycles. The van der Waals surface area contributed by atoms with Crippen LogP contribution in [0.3, 0.4) is 0 Å². The SMILES string of the molecule is CSc1ccc(CN2CCN(c3c(C)nn(-c4ccccc4)c3C)CC2)cc1. The van der Waals surface area contributed by atoms with Crippen molar-refractivity contribution in [1.29, 1.82) is 0 Å². The minimum atomic E-state index is 1.03. The number of aromatic nitrogens is 2. The third-order valence-corrected chi connectivity index (χ3v) is 6.25. The zero-order chi connectivity index (χ0) is 19.5. The molecule has 0 amide bonds. The normalized spacial score (nSPS) is 15.2. The Hall–Kier alpha value is -2.24.